The Labute approximate surface area is 106 Å². The molecule has 96 valence electrons. The van der Waals surface area contributed by atoms with Gasteiger partial charge in [-0.05, 0) is 18.1 Å². The maximum atomic E-state index is 11.9. The number of carbonyl (C=O) groups is 2. The van der Waals surface area contributed by atoms with Crippen LogP contribution in [0.15, 0.2) is 24.3 Å². The highest BCUT2D eigenvalue weighted by Crippen LogP contribution is 2.26. The zero-order valence-electron chi connectivity index (χ0n) is 10.3. The number of hydrogen-bond donors (Lipinski definition) is 1. The van der Waals surface area contributed by atoms with E-state index in [0.717, 1.165) is 18.7 Å². The molecule has 0 aliphatic carbocycles. The minimum atomic E-state index is -0.993. The van der Waals surface area contributed by atoms with E-state index in [4.69, 9.17) is 5.11 Å². The van der Waals surface area contributed by atoms with Crippen molar-refractivity contribution < 1.29 is 14.7 Å². The van der Waals surface area contributed by atoms with Crippen LogP contribution in [0, 0.1) is 0 Å². The Kier molecular flexibility index (Phi) is 3.50. The third-order valence-corrected chi connectivity index (χ3v) is 3.11. The highest BCUT2D eigenvalue weighted by atomic mass is 16.4. The van der Waals surface area contributed by atoms with E-state index in [-0.39, 0.29) is 19.0 Å². The predicted octanol–water partition coefficient (Wildman–Crippen LogP) is 0.592. The lowest BCUT2D eigenvalue weighted by Gasteiger charge is -2.22. The SMILES string of the molecule is CN(CC(=O)O)C(=O)CN1CCc2ccccc21. The van der Waals surface area contributed by atoms with Gasteiger partial charge < -0.3 is 14.9 Å². The monoisotopic (exact) mass is 248 g/mol. The molecule has 0 fully saturated rings. The second kappa shape index (κ2) is 5.08. The van der Waals surface area contributed by atoms with E-state index in [1.54, 1.807) is 0 Å². The molecular weight excluding hydrogens is 232 g/mol. The summed E-state index contributed by atoms with van der Waals surface area (Å²) in [6.45, 7) is 0.793. The van der Waals surface area contributed by atoms with Crippen molar-refractivity contribution in [2.24, 2.45) is 0 Å². The zero-order chi connectivity index (χ0) is 13.1. The normalized spacial score (nSPS) is 13.3. The second-order valence-corrected chi connectivity index (χ2v) is 4.44. The molecule has 0 atom stereocenters. The zero-order valence-corrected chi connectivity index (χ0v) is 10.3. The smallest absolute Gasteiger partial charge is 0.323 e. The quantitative estimate of drug-likeness (QED) is 0.847. The molecule has 0 aromatic heterocycles. The molecule has 0 saturated heterocycles. The first-order valence-corrected chi connectivity index (χ1v) is 5.86. The van der Waals surface area contributed by atoms with E-state index in [1.165, 1.54) is 17.5 Å². The summed E-state index contributed by atoms with van der Waals surface area (Å²) in [5, 5.41) is 8.64. The summed E-state index contributed by atoms with van der Waals surface area (Å²) < 4.78 is 0. The standard InChI is InChI=1S/C13H16N2O3/c1-14(9-13(17)18)12(16)8-15-7-6-10-4-2-3-5-11(10)15/h2-5H,6-9H2,1H3,(H,17,18). The lowest BCUT2D eigenvalue weighted by atomic mass is 10.2. The van der Waals surface area contributed by atoms with Crippen molar-refractivity contribution in [1.29, 1.82) is 0 Å². The van der Waals surface area contributed by atoms with Gasteiger partial charge in [-0.2, -0.15) is 0 Å². The number of amides is 1. The molecule has 0 unspecified atom stereocenters. The van der Waals surface area contributed by atoms with Crippen LogP contribution in [0.5, 0.6) is 0 Å². The highest BCUT2D eigenvalue weighted by Gasteiger charge is 2.22. The Bertz CT molecular complexity index is 473. The maximum Gasteiger partial charge on any atom is 0.323 e. The van der Waals surface area contributed by atoms with Crippen molar-refractivity contribution >= 4 is 17.6 Å². The number of para-hydroxylation sites is 1. The molecule has 0 radical (unpaired) electrons. The van der Waals surface area contributed by atoms with Crippen molar-refractivity contribution in [3.05, 3.63) is 29.8 Å². The molecule has 5 nitrogen and oxygen atoms in total. The maximum absolute atomic E-state index is 11.9. The molecule has 1 amide bonds. The lowest BCUT2D eigenvalue weighted by Crippen LogP contribution is -2.40. The molecule has 1 aliphatic heterocycles. The lowest BCUT2D eigenvalue weighted by molar-refractivity contribution is -0.142. The molecule has 0 saturated carbocycles. The molecular formula is C13H16N2O3. The van der Waals surface area contributed by atoms with Crippen LogP contribution in [0.4, 0.5) is 5.69 Å². The van der Waals surface area contributed by atoms with Crippen LogP contribution < -0.4 is 4.90 Å². The van der Waals surface area contributed by atoms with E-state index in [0.29, 0.717) is 0 Å². The van der Waals surface area contributed by atoms with E-state index in [9.17, 15) is 9.59 Å². The van der Waals surface area contributed by atoms with E-state index >= 15 is 0 Å². The van der Waals surface area contributed by atoms with Crippen molar-refractivity contribution in [2.75, 3.05) is 31.6 Å². The number of nitrogens with zero attached hydrogens (tertiary/aromatic N) is 2. The number of carboxylic acid groups (broad SMARTS) is 1. The van der Waals surface area contributed by atoms with Gasteiger partial charge in [0.25, 0.3) is 0 Å². The Morgan fingerprint density at radius 2 is 2.11 bits per heavy atom. The number of likely N-dealkylation sites (N-methyl/N-ethyl adjacent to an activating group) is 1. The number of aliphatic carboxylic acids is 1. The molecule has 1 aliphatic rings. The van der Waals surface area contributed by atoms with E-state index < -0.39 is 5.97 Å². The fourth-order valence-corrected chi connectivity index (χ4v) is 2.15. The fraction of sp³-hybridized carbons (Fsp3) is 0.385. The fourth-order valence-electron chi connectivity index (χ4n) is 2.15. The van der Waals surface area contributed by atoms with Gasteiger partial charge in [0.05, 0.1) is 6.54 Å². The molecule has 1 N–H and O–H groups in total. The average Bonchev–Trinajstić information content (AvgIpc) is 2.72. The third kappa shape index (κ3) is 2.61. The summed E-state index contributed by atoms with van der Waals surface area (Å²) in [6, 6.07) is 7.98. The number of carboxylic acids is 1. The first kappa shape index (κ1) is 12.4. The van der Waals surface area contributed by atoms with Gasteiger partial charge >= 0.3 is 5.97 Å². The Morgan fingerprint density at radius 1 is 1.39 bits per heavy atom. The number of rotatable bonds is 4. The summed E-state index contributed by atoms with van der Waals surface area (Å²) in [7, 11) is 1.51. The third-order valence-electron chi connectivity index (χ3n) is 3.11. The molecule has 0 spiro atoms. The van der Waals surface area contributed by atoms with Crippen molar-refractivity contribution in [3.8, 4) is 0 Å². The van der Waals surface area contributed by atoms with Crippen molar-refractivity contribution in [3.63, 3.8) is 0 Å². The van der Waals surface area contributed by atoms with Gasteiger partial charge in [0, 0.05) is 19.3 Å². The first-order valence-electron chi connectivity index (χ1n) is 5.86. The topological polar surface area (TPSA) is 60.9 Å². The second-order valence-electron chi connectivity index (χ2n) is 4.44. The highest BCUT2D eigenvalue weighted by molar-refractivity contribution is 5.85. The van der Waals surface area contributed by atoms with Crippen LogP contribution in [0.2, 0.25) is 0 Å². The number of benzene rings is 1. The van der Waals surface area contributed by atoms with Crippen LogP contribution in [0.3, 0.4) is 0 Å². The van der Waals surface area contributed by atoms with Gasteiger partial charge in [-0.25, -0.2) is 0 Å². The van der Waals surface area contributed by atoms with Crippen LogP contribution in [-0.4, -0.2) is 48.6 Å². The number of anilines is 1. The summed E-state index contributed by atoms with van der Waals surface area (Å²) in [5.74, 6) is -1.17. The minimum Gasteiger partial charge on any atom is -0.480 e. The number of fused-ring (bicyclic) bond motifs is 1. The first-order chi connectivity index (χ1) is 8.58. The minimum absolute atomic E-state index is 0.172. The van der Waals surface area contributed by atoms with E-state index in [2.05, 4.69) is 6.07 Å². The summed E-state index contributed by atoms with van der Waals surface area (Å²) in [4.78, 5) is 25.6. The molecule has 5 heteroatoms. The summed E-state index contributed by atoms with van der Waals surface area (Å²) >= 11 is 0. The molecule has 2 rings (SSSR count). The Morgan fingerprint density at radius 3 is 2.83 bits per heavy atom. The van der Waals surface area contributed by atoms with Gasteiger partial charge in [0.15, 0.2) is 0 Å². The van der Waals surface area contributed by atoms with Gasteiger partial charge in [-0.1, -0.05) is 18.2 Å². The summed E-state index contributed by atoms with van der Waals surface area (Å²) in [5.41, 5.74) is 2.32. The number of carbonyl (C=O) groups excluding carboxylic acids is 1. The predicted molar refractivity (Wildman–Crippen MR) is 67.6 cm³/mol. The van der Waals surface area contributed by atoms with Crippen LogP contribution in [0.1, 0.15) is 5.56 Å². The van der Waals surface area contributed by atoms with E-state index in [1.807, 2.05) is 23.1 Å². The van der Waals surface area contributed by atoms with Gasteiger partial charge in [-0.3, -0.25) is 9.59 Å². The van der Waals surface area contributed by atoms with Crippen LogP contribution in [0.25, 0.3) is 0 Å². The number of hydrogen-bond acceptors (Lipinski definition) is 3. The van der Waals surface area contributed by atoms with Gasteiger partial charge in [0.1, 0.15) is 6.54 Å². The Hall–Kier alpha value is -2.04. The molecule has 1 heterocycles. The van der Waals surface area contributed by atoms with Crippen molar-refractivity contribution in [2.45, 2.75) is 6.42 Å². The molecule has 18 heavy (non-hydrogen) atoms. The van der Waals surface area contributed by atoms with Gasteiger partial charge in [-0.15, -0.1) is 0 Å². The molecule has 1 aromatic carbocycles. The molecule has 0 bridgehead atoms. The van der Waals surface area contributed by atoms with Crippen LogP contribution >= 0.6 is 0 Å². The average molecular weight is 248 g/mol. The Balaban J connectivity index is 1.99. The van der Waals surface area contributed by atoms with Crippen molar-refractivity contribution in [1.82, 2.24) is 4.90 Å². The van der Waals surface area contributed by atoms with Gasteiger partial charge in [0.2, 0.25) is 5.91 Å². The van der Waals surface area contributed by atoms with Crippen LogP contribution in [-0.2, 0) is 16.0 Å². The largest absolute Gasteiger partial charge is 0.480 e. The summed E-state index contributed by atoms with van der Waals surface area (Å²) in [6.07, 6.45) is 0.937. The molecule has 1 aromatic rings.